The molecule has 0 saturated carbocycles. The van der Waals surface area contributed by atoms with Gasteiger partial charge in [-0.15, -0.1) is 0 Å². The number of aromatic nitrogens is 4. The summed E-state index contributed by atoms with van der Waals surface area (Å²) in [5.74, 6) is -0.692. The molecule has 0 atom stereocenters. The third kappa shape index (κ3) is 4.05. The van der Waals surface area contributed by atoms with E-state index in [-0.39, 0.29) is 39.0 Å². The van der Waals surface area contributed by atoms with Gasteiger partial charge in [-0.1, -0.05) is 17.7 Å². The van der Waals surface area contributed by atoms with Crippen LogP contribution in [0.1, 0.15) is 5.56 Å². The molecule has 13 heteroatoms. The molecule has 0 unspecified atom stereocenters. The maximum Gasteiger partial charge on any atom is 0.305 e. The topological polar surface area (TPSA) is 165 Å². The second kappa shape index (κ2) is 9.13. The van der Waals surface area contributed by atoms with Gasteiger partial charge in [0.1, 0.15) is 17.1 Å². The van der Waals surface area contributed by atoms with E-state index in [9.17, 15) is 22.9 Å². The van der Waals surface area contributed by atoms with Crippen LogP contribution in [0.3, 0.4) is 0 Å². The van der Waals surface area contributed by atoms with Crippen LogP contribution in [0.2, 0.25) is 0 Å². The smallest absolute Gasteiger partial charge is 0.305 e. The highest BCUT2D eigenvalue weighted by Gasteiger charge is 2.29. The van der Waals surface area contributed by atoms with Gasteiger partial charge in [-0.25, -0.2) is 26.7 Å². The van der Waals surface area contributed by atoms with Crippen LogP contribution >= 0.6 is 0 Å². The van der Waals surface area contributed by atoms with E-state index in [0.29, 0.717) is 21.9 Å². The fraction of sp³-hybridized carbons (Fsp3) is 0.0714. The number of rotatable bonds is 5. The van der Waals surface area contributed by atoms with E-state index in [1.807, 2.05) is 6.92 Å². The van der Waals surface area contributed by atoms with E-state index in [4.69, 9.17) is 11.5 Å². The number of nitro groups is 1. The zero-order valence-electron chi connectivity index (χ0n) is 21.7. The van der Waals surface area contributed by atoms with E-state index in [0.717, 1.165) is 9.54 Å². The van der Waals surface area contributed by atoms with E-state index in [2.05, 4.69) is 9.97 Å². The van der Waals surface area contributed by atoms with E-state index < -0.39 is 26.5 Å². The summed E-state index contributed by atoms with van der Waals surface area (Å²) in [5.41, 5.74) is 13.5. The molecule has 0 radical (unpaired) electrons. The lowest BCUT2D eigenvalue weighted by Gasteiger charge is -2.12. The minimum Gasteiger partial charge on any atom is -0.398 e. The van der Waals surface area contributed by atoms with Crippen molar-refractivity contribution in [3.63, 3.8) is 0 Å². The quantitative estimate of drug-likeness (QED) is 0.165. The highest BCUT2D eigenvalue weighted by molar-refractivity contribution is 7.90. The van der Waals surface area contributed by atoms with Crippen molar-refractivity contribution < 1.29 is 17.7 Å². The second-order valence-corrected chi connectivity index (χ2v) is 11.4. The van der Waals surface area contributed by atoms with Crippen molar-refractivity contribution in [2.24, 2.45) is 7.05 Å². The van der Waals surface area contributed by atoms with Crippen LogP contribution in [0, 0.1) is 22.9 Å². The average Bonchev–Trinajstić information content (AvgIpc) is 3.50. The van der Waals surface area contributed by atoms with Gasteiger partial charge in [-0.05, 0) is 55.5 Å². The molecule has 0 aliphatic heterocycles. The zero-order valence-corrected chi connectivity index (χ0v) is 22.6. The van der Waals surface area contributed by atoms with Gasteiger partial charge in [0.25, 0.3) is 10.0 Å². The third-order valence-electron chi connectivity index (χ3n) is 6.94. The highest BCUT2D eigenvalue weighted by atomic mass is 32.2. The van der Waals surface area contributed by atoms with Crippen molar-refractivity contribution >= 4 is 49.0 Å². The highest BCUT2D eigenvalue weighted by Crippen LogP contribution is 2.41. The monoisotopic (exact) mass is 571 g/mol. The van der Waals surface area contributed by atoms with Crippen LogP contribution in [0.25, 0.3) is 44.6 Å². The number of fused-ring (bicyclic) bond motifs is 2. The number of anilines is 2. The molecule has 0 bridgehead atoms. The molecule has 3 aromatic carbocycles. The first-order valence-corrected chi connectivity index (χ1v) is 13.7. The molecule has 0 spiro atoms. The first-order chi connectivity index (χ1) is 19.5. The molecule has 3 heterocycles. The molecule has 11 nitrogen and oxygen atoms in total. The predicted octanol–water partition coefficient (Wildman–Crippen LogP) is 5.01. The Labute approximate surface area is 232 Å². The van der Waals surface area contributed by atoms with E-state index in [1.165, 1.54) is 48.7 Å². The Balaban J connectivity index is 1.74. The third-order valence-corrected chi connectivity index (χ3v) is 8.62. The van der Waals surface area contributed by atoms with Crippen molar-refractivity contribution in [2.45, 2.75) is 11.8 Å². The molecule has 0 saturated heterocycles. The number of nitrogens with zero attached hydrogens (tertiary/aromatic N) is 5. The fourth-order valence-corrected chi connectivity index (χ4v) is 6.23. The van der Waals surface area contributed by atoms with E-state index in [1.54, 1.807) is 36.0 Å². The summed E-state index contributed by atoms with van der Waals surface area (Å²) < 4.78 is 44.7. The zero-order chi connectivity index (χ0) is 29.2. The summed E-state index contributed by atoms with van der Waals surface area (Å²) in [5, 5.41) is 12.9. The number of hydrogen-bond acceptors (Lipinski definition) is 8. The molecule has 0 amide bonds. The van der Waals surface area contributed by atoms with Crippen molar-refractivity contribution in [3.05, 3.63) is 94.6 Å². The standard InChI is InChI=1S/C28H22FN7O4S/c1-15-3-6-17(7-4-15)41(39,40)35-12-11-18-25(20-14-34(2)23-10-5-16(29)13-19(20)23)32-27(33-28(18)35)24-21(30)8-9-22(31)26(24)36(37)38/h3-14H,30-31H2,1-2H3. The van der Waals surface area contributed by atoms with Gasteiger partial charge in [0, 0.05) is 47.0 Å². The minimum atomic E-state index is -4.15. The summed E-state index contributed by atoms with van der Waals surface area (Å²) in [7, 11) is -2.38. The Hall–Kier alpha value is -5.30. The molecule has 0 aliphatic carbocycles. The number of halogens is 1. The molecular formula is C28H22FN7O4S. The lowest BCUT2D eigenvalue weighted by Crippen LogP contribution is -2.13. The Bertz CT molecular complexity index is 2150. The first kappa shape index (κ1) is 26.0. The summed E-state index contributed by atoms with van der Waals surface area (Å²) >= 11 is 0. The summed E-state index contributed by atoms with van der Waals surface area (Å²) in [6.45, 7) is 1.84. The largest absolute Gasteiger partial charge is 0.398 e. The van der Waals surface area contributed by atoms with Gasteiger partial charge in [0.05, 0.1) is 15.5 Å². The molecule has 4 N–H and O–H groups in total. The van der Waals surface area contributed by atoms with Gasteiger partial charge in [0.2, 0.25) is 0 Å². The number of benzene rings is 3. The molecule has 0 aliphatic rings. The van der Waals surface area contributed by atoms with Crippen LogP contribution in [0.15, 0.2) is 78.0 Å². The van der Waals surface area contributed by atoms with E-state index >= 15 is 0 Å². The molecule has 6 aromatic rings. The average molecular weight is 572 g/mol. The van der Waals surface area contributed by atoms with Crippen LogP contribution < -0.4 is 11.5 Å². The van der Waals surface area contributed by atoms with Crippen LogP contribution in [-0.2, 0) is 17.1 Å². The van der Waals surface area contributed by atoms with Crippen LogP contribution in [0.5, 0.6) is 0 Å². The lowest BCUT2D eigenvalue weighted by atomic mass is 10.1. The predicted molar refractivity (Wildman–Crippen MR) is 154 cm³/mol. The Morgan fingerprint density at radius 1 is 0.951 bits per heavy atom. The lowest BCUT2D eigenvalue weighted by molar-refractivity contribution is -0.383. The number of hydrogen-bond donors (Lipinski definition) is 2. The first-order valence-electron chi connectivity index (χ1n) is 12.3. The van der Waals surface area contributed by atoms with Crippen molar-refractivity contribution in [1.82, 2.24) is 18.5 Å². The Morgan fingerprint density at radius 3 is 2.37 bits per heavy atom. The maximum absolute atomic E-state index is 14.4. The fourth-order valence-electron chi connectivity index (χ4n) is 4.93. The van der Waals surface area contributed by atoms with Gasteiger partial charge < -0.3 is 16.0 Å². The maximum atomic E-state index is 14.4. The summed E-state index contributed by atoms with van der Waals surface area (Å²) in [6, 6.07) is 14.8. The van der Waals surface area contributed by atoms with Gasteiger partial charge in [0.15, 0.2) is 11.5 Å². The van der Waals surface area contributed by atoms with Gasteiger partial charge in [-0.2, -0.15) is 0 Å². The number of nitro benzene ring substituents is 1. The van der Waals surface area contributed by atoms with Crippen LogP contribution in [0.4, 0.5) is 21.5 Å². The van der Waals surface area contributed by atoms with Crippen LogP contribution in [-0.4, -0.2) is 31.8 Å². The number of nitrogens with two attached hydrogens (primary N) is 2. The summed E-state index contributed by atoms with van der Waals surface area (Å²) in [4.78, 5) is 20.6. The summed E-state index contributed by atoms with van der Waals surface area (Å²) in [6.07, 6.45) is 3.06. The number of nitrogen functional groups attached to an aromatic ring is 2. The van der Waals surface area contributed by atoms with Gasteiger partial charge >= 0.3 is 5.69 Å². The molecule has 3 aromatic heterocycles. The molecule has 206 valence electrons. The Morgan fingerprint density at radius 2 is 1.66 bits per heavy atom. The normalized spacial score (nSPS) is 11.9. The minimum absolute atomic E-state index is 0.0176. The number of aryl methyl sites for hydroxylation is 2. The molecular weight excluding hydrogens is 549 g/mol. The van der Waals surface area contributed by atoms with Crippen molar-refractivity contribution in [1.29, 1.82) is 0 Å². The SMILES string of the molecule is Cc1ccc(S(=O)(=O)n2ccc3c(-c4cn(C)c5ccc(F)cc45)nc(-c4c(N)ccc(N)c4[N+](=O)[O-])nc32)cc1. The molecule has 6 rings (SSSR count). The molecule has 41 heavy (non-hydrogen) atoms. The second-order valence-electron chi connectivity index (χ2n) is 9.60. The van der Waals surface area contributed by atoms with Gasteiger partial charge in [-0.3, -0.25) is 10.1 Å². The Kier molecular flexibility index (Phi) is 5.78. The van der Waals surface area contributed by atoms with Crippen molar-refractivity contribution in [3.8, 4) is 22.6 Å². The molecule has 0 fully saturated rings. The van der Waals surface area contributed by atoms with Crippen molar-refractivity contribution in [2.75, 3.05) is 11.5 Å².